The van der Waals surface area contributed by atoms with Gasteiger partial charge in [-0.1, -0.05) is 27.2 Å². The number of ether oxygens (including phenoxy) is 4. The lowest BCUT2D eigenvalue weighted by molar-refractivity contribution is -0.352. The Morgan fingerprint density at radius 2 is 1.25 bits per heavy atom. The van der Waals surface area contributed by atoms with Crippen molar-refractivity contribution in [2.45, 2.75) is 128 Å². The zero-order valence-electron chi connectivity index (χ0n) is 33.7. The van der Waals surface area contributed by atoms with E-state index in [2.05, 4.69) is 25.7 Å². The lowest BCUT2D eigenvalue weighted by Gasteiger charge is -2.47. The molecule has 304 valence electrons. The molecular formula is C36H75NO12Si2. The quantitative estimate of drug-likeness (QED) is 0.0628. The fourth-order valence-electron chi connectivity index (χ4n) is 8.08. The number of hydrogen-bond donors (Lipinski definition) is 2. The van der Waals surface area contributed by atoms with E-state index < -0.39 is 29.3 Å². The van der Waals surface area contributed by atoms with Crippen molar-refractivity contribution in [3.63, 3.8) is 0 Å². The van der Waals surface area contributed by atoms with Crippen molar-refractivity contribution in [2.75, 3.05) is 88.7 Å². The van der Waals surface area contributed by atoms with Crippen molar-refractivity contribution >= 4 is 17.6 Å². The first-order chi connectivity index (χ1) is 24.4. The summed E-state index contributed by atoms with van der Waals surface area (Å²) in [5, 5.41) is 22.1. The molecule has 2 N–H and O–H groups in total. The second-order valence-electron chi connectivity index (χ2n) is 14.7. The van der Waals surface area contributed by atoms with E-state index in [1.165, 1.54) is 21.3 Å². The Kier molecular flexibility index (Phi) is 21.9. The highest BCUT2D eigenvalue weighted by Crippen LogP contribution is 2.49. The number of hydrogen-bond acceptors (Lipinski definition) is 13. The largest absolute Gasteiger partial charge is 0.595 e. The van der Waals surface area contributed by atoms with Crippen LogP contribution in [0.2, 0.25) is 6.04 Å². The molecule has 2 atom stereocenters. The fraction of sp³-hybridized carbons (Fsp3) is 1.00. The van der Waals surface area contributed by atoms with Gasteiger partial charge in [-0.05, 0) is 101 Å². The van der Waals surface area contributed by atoms with Gasteiger partial charge in [-0.15, -0.1) is 0 Å². The first-order valence-electron chi connectivity index (χ1n) is 19.3. The van der Waals surface area contributed by atoms with Crippen LogP contribution in [-0.4, -0.2) is 145 Å². The molecule has 15 heteroatoms. The third kappa shape index (κ3) is 13.9. The summed E-state index contributed by atoms with van der Waals surface area (Å²) in [6, 6.07) is 0.739. The number of aliphatic hydroxyl groups is 2. The lowest BCUT2D eigenvalue weighted by atomic mass is 9.60. The van der Waals surface area contributed by atoms with Gasteiger partial charge < -0.3 is 60.6 Å². The van der Waals surface area contributed by atoms with Gasteiger partial charge in [0.2, 0.25) is 0 Å². The van der Waals surface area contributed by atoms with Gasteiger partial charge in [-0.3, -0.25) is 0 Å². The van der Waals surface area contributed by atoms with E-state index in [0.29, 0.717) is 38.2 Å². The molecule has 0 saturated heterocycles. The van der Waals surface area contributed by atoms with Crippen molar-refractivity contribution in [1.29, 1.82) is 0 Å². The molecule has 0 bridgehead atoms. The maximum Gasteiger partial charge on any atom is 0.595 e. The summed E-state index contributed by atoms with van der Waals surface area (Å²) < 4.78 is 57.1. The summed E-state index contributed by atoms with van der Waals surface area (Å²) in [6.45, 7) is 12.7. The molecule has 51 heavy (non-hydrogen) atoms. The van der Waals surface area contributed by atoms with Crippen molar-refractivity contribution in [3.8, 4) is 0 Å². The molecule has 2 saturated carbocycles. The molecule has 2 rings (SSSR count). The molecular weight excluding hydrogens is 695 g/mol. The highest BCUT2D eigenvalue weighted by atomic mass is 28.4. The molecule has 0 amide bonds. The van der Waals surface area contributed by atoms with Gasteiger partial charge in [0.25, 0.3) is 0 Å². The molecule has 0 spiro atoms. The monoisotopic (exact) mass is 769 g/mol. The van der Waals surface area contributed by atoms with E-state index in [1.807, 2.05) is 0 Å². The molecule has 0 heterocycles. The minimum atomic E-state index is -3.64. The van der Waals surface area contributed by atoms with Crippen molar-refractivity contribution in [2.24, 2.45) is 17.3 Å². The Balaban J connectivity index is 1.71. The maximum absolute atomic E-state index is 11.4. The summed E-state index contributed by atoms with van der Waals surface area (Å²) in [4.78, 5) is 2.30. The highest BCUT2D eigenvalue weighted by Gasteiger charge is 2.64. The van der Waals surface area contributed by atoms with Gasteiger partial charge in [0.1, 0.15) is 0 Å². The third-order valence-electron chi connectivity index (χ3n) is 11.4. The van der Waals surface area contributed by atoms with Crippen LogP contribution < -0.4 is 0 Å². The Labute approximate surface area is 311 Å². The van der Waals surface area contributed by atoms with Crippen molar-refractivity contribution in [1.82, 2.24) is 4.90 Å². The molecule has 2 aliphatic rings. The van der Waals surface area contributed by atoms with Gasteiger partial charge in [-0.25, -0.2) is 0 Å². The van der Waals surface area contributed by atoms with Crippen molar-refractivity contribution in [3.05, 3.63) is 0 Å². The summed E-state index contributed by atoms with van der Waals surface area (Å²) >= 11 is 0. The Bertz CT molecular complexity index is 883. The molecule has 0 aromatic rings. The van der Waals surface area contributed by atoms with Crippen LogP contribution in [0.5, 0.6) is 0 Å². The molecule has 2 unspecified atom stereocenters. The molecule has 2 aliphatic carbocycles. The number of rotatable bonds is 28. The Hall–Kier alpha value is -0.0862. The minimum absolute atomic E-state index is 0.172. The highest BCUT2D eigenvalue weighted by molar-refractivity contribution is 6.62. The molecule has 0 aliphatic heterocycles. The second kappa shape index (κ2) is 23.7. The maximum atomic E-state index is 11.4. The summed E-state index contributed by atoms with van der Waals surface area (Å²) in [5.41, 5.74) is -1.86. The average Bonchev–Trinajstić information content (AvgIpc) is 3.13. The topological polar surface area (TPSA) is 136 Å². The van der Waals surface area contributed by atoms with Crippen LogP contribution in [0, 0.1) is 17.3 Å². The second-order valence-corrected chi connectivity index (χ2v) is 20.8. The standard InChI is InChI=1S/C36H75NO12Si2/c1-11-13-23-37(24-14-27-50(40-5,41-6)42-7)28-32(38)29-46-25-26-47-33-19-15-30(16-20-33)35(3,4)31-17-21-34(22-18-31)49-36(39,48-12-2)51(43-8,44-9)45-10/h30-34,38-39H,11-29H2,1-10H3. The number of aliphatic hydroxyl groups excluding tert-OH is 1. The van der Waals surface area contributed by atoms with E-state index in [1.54, 1.807) is 28.3 Å². The smallest absolute Gasteiger partial charge is 0.389 e. The van der Waals surface area contributed by atoms with E-state index in [4.69, 9.17) is 45.5 Å². The first-order valence-corrected chi connectivity index (χ1v) is 23.0. The third-order valence-corrected chi connectivity index (χ3v) is 16.9. The van der Waals surface area contributed by atoms with Crippen LogP contribution in [0.4, 0.5) is 0 Å². The zero-order chi connectivity index (χ0) is 38.0. The van der Waals surface area contributed by atoms with Crippen LogP contribution in [0.15, 0.2) is 0 Å². The van der Waals surface area contributed by atoms with Crippen LogP contribution >= 0.6 is 0 Å². The van der Waals surface area contributed by atoms with Gasteiger partial charge >= 0.3 is 23.2 Å². The zero-order valence-corrected chi connectivity index (χ0v) is 35.7. The molecule has 2 fully saturated rings. The summed E-state index contributed by atoms with van der Waals surface area (Å²) in [6.07, 6.45) is 10.7. The molecule has 0 aromatic heterocycles. The van der Waals surface area contributed by atoms with E-state index in [9.17, 15) is 10.2 Å². The molecule has 0 radical (unpaired) electrons. The van der Waals surface area contributed by atoms with Gasteiger partial charge in [0, 0.05) is 61.9 Å². The van der Waals surface area contributed by atoms with E-state index in [0.717, 1.165) is 89.8 Å². The van der Waals surface area contributed by atoms with Crippen molar-refractivity contribution < 1.29 is 55.7 Å². The van der Waals surface area contributed by atoms with Gasteiger partial charge in [0.15, 0.2) is 0 Å². The van der Waals surface area contributed by atoms with Gasteiger partial charge in [-0.2, -0.15) is 0 Å². The lowest BCUT2D eigenvalue weighted by Crippen LogP contribution is -2.67. The van der Waals surface area contributed by atoms with Crippen LogP contribution in [-0.2, 0) is 45.5 Å². The predicted molar refractivity (Wildman–Crippen MR) is 200 cm³/mol. The summed E-state index contributed by atoms with van der Waals surface area (Å²) in [5.74, 6) is 1.21. The first kappa shape index (κ1) is 47.1. The average molecular weight is 770 g/mol. The van der Waals surface area contributed by atoms with Crippen LogP contribution in [0.3, 0.4) is 0 Å². The normalized spacial score (nSPS) is 24.2. The Morgan fingerprint density at radius 3 is 1.75 bits per heavy atom. The molecule has 13 nitrogen and oxygen atoms in total. The Morgan fingerprint density at radius 1 is 0.725 bits per heavy atom. The SMILES string of the molecule is CCCCN(CCC[Si](OC)(OC)OC)CC(O)COCCOC1CCC(C(C)(C)C2CCC(OC(O)(OCC)[Si](OC)(OC)OC)CC2)CC1. The number of nitrogens with zero attached hydrogens (tertiary/aromatic N) is 1. The fourth-order valence-corrected chi connectivity index (χ4v) is 11.7. The minimum Gasteiger partial charge on any atom is -0.389 e. The summed E-state index contributed by atoms with van der Waals surface area (Å²) in [7, 11) is 3.03. The predicted octanol–water partition coefficient (Wildman–Crippen LogP) is 5.01. The molecule has 0 aromatic carbocycles. The van der Waals surface area contributed by atoms with Crippen LogP contribution in [0.1, 0.15) is 98.3 Å². The van der Waals surface area contributed by atoms with E-state index in [-0.39, 0.29) is 24.2 Å². The van der Waals surface area contributed by atoms with E-state index >= 15 is 0 Å². The van der Waals surface area contributed by atoms with Gasteiger partial charge in [0.05, 0.1) is 38.1 Å². The van der Waals surface area contributed by atoms with Crippen LogP contribution in [0.25, 0.3) is 0 Å². The number of unbranched alkanes of at least 4 members (excludes halogenated alkanes) is 1.